The van der Waals surface area contributed by atoms with E-state index < -0.39 is 0 Å². The number of anilines is 1. The summed E-state index contributed by atoms with van der Waals surface area (Å²) in [5, 5.41) is 3.28. The van der Waals surface area contributed by atoms with Gasteiger partial charge in [-0.25, -0.2) is 9.97 Å². The van der Waals surface area contributed by atoms with Gasteiger partial charge in [-0.15, -0.1) is 0 Å². The highest BCUT2D eigenvalue weighted by Crippen LogP contribution is 2.21. The van der Waals surface area contributed by atoms with E-state index in [9.17, 15) is 0 Å². The van der Waals surface area contributed by atoms with Crippen molar-refractivity contribution in [3.63, 3.8) is 0 Å². The molecular weight excluding hydrogens is 226 g/mol. The van der Waals surface area contributed by atoms with Gasteiger partial charge >= 0.3 is 0 Å². The van der Waals surface area contributed by atoms with Gasteiger partial charge in [0.05, 0.1) is 12.2 Å². The van der Waals surface area contributed by atoms with E-state index in [1.165, 1.54) is 12.8 Å². The van der Waals surface area contributed by atoms with E-state index in [-0.39, 0.29) is 0 Å². The van der Waals surface area contributed by atoms with Crippen molar-refractivity contribution in [3.05, 3.63) is 11.9 Å². The van der Waals surface area contributed by atoms with E-state index in [1.807, 2.05) is 6.92 Å². The van der Waals surface area contributed by atoms with Crippen LogP contribution in [0.4, 0.5) is 5.82 Å². The van der Waals surface area contributed by atoms with Gasteiger partial charge in [0.15, 0.2) is 0 Å². The summed E-state index contributed by atoms with van der Waals surface area (Å²) < 4.78 is 5.78. The first kappa shape index (κ1) is 14.7. The molecule has 0 bridgehead atoms. The minimum atomic E-state index is 0.566. The lowest BCUT2D eigenvalue weighted by atomic mass is 10.1. The first-order valence-corrected chi connectivity index (χ1v) is 6.87. The molecule has 0 fully saturated rings. The van der Waals surface area contributed by atoms with Crippen molar-refractivity contribution in [1.82, 2.24) is 9.97 Å². The van der Waals surface area contributed by atoms with Crippen LogP contribution >= 0.6 is 0 Å². The zero-order valence-electron chi connectivity index (χ0n) is 12.0. The number of nitrogens with zero attached hydrogens (tertiary/aromatic N) is 2. The van der Waals surface area contributed by atoms with Crippen molar-refractivity contribution in [1.29, 1.82) is 0 Å². The molecule has 0 spiro atoms. The van der Waals surface area contributed by atoms with E-state index in [0.717, 1.165) is 31.0 Å². The molecule has 0 amide bonds. The second-order valence-electron chi connectivity index (χ2n) is 4.78. The summed E-state index contributed by atoms with van der Waals surface area (Å²) in [6.07, 6.45) is 5.01. The van der Waals surface area contributed by atoms with Gasteiger partial charge in [0.25, 0.3) is 0 Å². The molecule has 18 heavy (non-hydrogen) atoms. The van der Waals surface area contributed by atoms with Gasteiger partial charge in [0, 0.05) is 6.54 Å². The minimum absolute atomic E-state index is 0.566. The highest BCUT2D eigenvalue weighted by Gasteiger charge is 2.09. The van der Waals surface area contributed by atoms with Crippen LogP contribution in [0, 0.1) is 12.8 Å². The van der Waals surface area contributed by atoms with Crippen molar-refractivity contribution in [2.24, 2.45) is 5.92 Å². The summed E-state index contributed by atoms with van der Waals surface area (Å²) in [7, 11) is 0. The van der Waals surface area contributed by atoms with Gasteiger partial charge < -0.3 is 10.1 Å². The Bertz CT molecular complexity index is 355. The summed E-state index contributed by atoms with van der Waals surface area (Å²) in [6, 6.07) is 0. The van der Waals surface area contributed by atoms with Crippen LogP contribution in [0.25, 0.3) is 0 Å². The monoisotopic (exact) mass is 251 g/mol. The third-order valence-corrected chi connectivity index (χ3v) is 2.87. The molecule has 102 valence electrons. The quantitative estimate of drug-likeness (QED) is 0.769. The molecule has 0 aliphatic rings. The smallest absolute Gasteiger partial charge is 0.221 e. The van der Waals surface area contributed by atoms with Crippen LogP contribution in [-0.4, -0.2) is 23.1 Å². The Morgan fingerprint density at radius 1 is 1.28 bits per heavy atom. The zero-order valence-corrected chi connectivity index (χ0v) is 12.0. The zero-order chi connectivity index (χ0) is 13.4. The van der Waals surface area contributed by atoms with E-state index in [1.54, 1.807) is 6.33 Å². The Kier molecular flexibility index (Phi) is 6.47. The molecule has 0 saturated heterocycles. The van der Waals surface area contributed by atoms with Crippen molar-refractivity contribution < 1.29 is 4.74 Å². The fourth-order valence-electron chi connectivity index (χ4n) is 1.80. The van der Waals surface area contributed by atoms with Crippen molar-refractivity contribution in [2.75, 3.05) is 18.5 Å². The van der Waals surface area contributed by atoms with Crippen LogP contribution in [0.3, 0.4) is 0 Å². The van der Waals surface area contributed by atoms with Gasteiger partial charge in [-0.1, -0.05) is 27.2 Å². The largest absolute Gasteiger partial charge is 0.477 e. The highest BCUT2D eigenvalue weighted by atomic mass is 16.5. The fourth-order valence-corrected chi connectivity index (χ4v) is 1.80. The topological polar surface area (TPSA) is 47.0 Å². The number of aromatic nitrogens is 2. The van der Waals surface area contributed by atoms with E-state index in [2.05, 4.69) is 36.1 Å². The van der Waals surface area contributed by atoms with E-state index >= 15 is 0 Å². The Balaban J connectivity index is 2.60. The molecule has 0 saturated carbocycles. The van der Waals surface area contributed by atoms with Gasteiger partial charge in [-0.05, 0) is 25.7 Å². The summed E-state index contributed by atoms with van der Waals surface area (Å²) in [5.74, 6) is 2.15. The SMILES string of the molecule is CCCNc1ncnc(OCC(C)CCC)c1C. The Hall–Kier alpha value is -1.32. The number of hydrogen-bond acceptors (Lipinski definition) is 4. The third-order valence-electron chi connectivity index (χ3n) is 2.87. The molecule has 1 aromatic rings. The number of rotatable bonds is 8. The normalized spacial score (nSPS) is 12.2. The van der Waals surface area contributed by atoms with Crippen molar-refractivity contribution in [2.45, 2.75) is 47.0 Å². The first-order valence-electron chi connectivity index (χ1n) is 6.87. The molecule has 1 unspecified atom stereocenters. The molecule has 0 aromatic carbocycles. The van der Waals surface area contributed by atoms with Crippen LogP contribution in [0.1, 0.15) is 45.6 Å². The molecule has 4 heteroatoms. The average molecular weight is 251 g/mol. The number of nitrogens with one attached hydrogen (secondary N) is 1. The lowest BCUT2D eigenvalue weighted by molar-refractivity contribution is 0.241. The average Bonchev–Trinajstić information content (AvgIpc) is 2.36. The molecule has 1 heterocycles. The van der Waals surface area contributed by atoms with E-state index in [4.69, 9.17) is 4.74 Å². The van der Waals surface area contributed by atoms with Crippen molar-refractivity contribution in [3.8, 4) is 5.88 Å². The van der Waals surface area contributed by atoms with Crippen LogP contribution in [-0.2, 0) is 0 Å². The number of ether oxygens (including phenoxy) is 1. The molecular formula is C14H25N3O. The molecule has 1 N–H and O–H groups in total. The van der Waals surface area contributed by atoms with Crippen LogP contribution in [0.15, 0.2) is 6.33 Å². The van der Waals surface area contributed by atoms with Gasteiger partial charge in [0.1, 0.15) is 12.1 Å². The van der Waals surface area contributed by atoms with Crippen LogP contribution in [0.2, 0.25) is 0 Å². The fraction of sp³-hybridized carbons (Fsp3) is 0.714. The first-order chi connectivity index (χ1) is 8.69. The number of hydrogen-bond donors (Lipinski definition) is 1. The summed E-state index contributed by atoms with van der Waals surface area (Å²) in [5.41, 5.74) is 0.995. The molecule has 1 aromatic heterocycles. The second kappa shape index (κ2) is 7.90. The van der Waals surface area contributed by atoms with Crippen LogP contribution in [0.5, 0.6) is 5.88 Å². The lowest BCUT2D eigenvalue weighted by Crippen LogP contribution is -2.11. The standard InChI is InChI=1S/C14H25N3O/c1-5-7-11(3)9-18-14-12(4)13(15-8-6-2)16-10-17-14/h10-11H,5-9H2,1-4H3,(H,15,16,17). The summed E-state index contributed by atoms with van der Waals surface area (Å²) in [4.78, 5) is 8.44. The Morgan fingerprint density at radius 3 is 2.72 bits per heavy atom. The molecule has 1 rings (SSSR count). The van der Waals surface area contributed by atoms with Crippen LogP contribution < -0.4 is 10.1 Å². The Morgan fingerprint density at radius 2 is 2.06 bits per heavy atom. The molecule has 0 aliphatic carbocycles. The maximum absolute atomic E-state index is 5.78. The molecule has 4 nitrogen and oxygen atoms in total. The summed E-state index contributed by atoms with van der Waals surface area (Å²) >= 11 is 0. The summed E-state index contributed by atoms with van der Waals surface area (Å²) in [6.45, 7) is 10.2. The van der Waals surface area contributed by atoms with Gasteiger partial charge in [-0.2, -0.15) is 0 Å². The van der Waals surface area contributed by atoms with Gasteiger partial charge in [-0.3, -0.25) is 0 Å². The molecule has 0 radical (unpaired) electrons. The maximum Gasteiger partial charge on any atom is 0.221 e. The van der Waals surface area contributed by atoms with E-state index in [0.29, 0.717) is 11.8 Å². The molecule has 0 aliphatic heterocycles. The van der Waals surface area contributed by atoms with Gasteiger partial charge in [0.2, 0.25) is 5.88 Å². The van der Waals surface area contributed by atoms with Crippen molar-refractivity contribution >= 4 is 5.82 Å². The highest BCUT2D eigenvalue weighted by molar-refractivity contribution is 5.47. The Labute approximate surface area is 110 Å². The minimum Gasteiger partial charge on any atom is -0.477 e. The molecule has 1 atom stereocenters. The third kappa shape index (κ3) is 4.51. The second-order valence-corrected chi connectivity index (χ2v) is 4.78. The predicted octanol–water partition coefficient (Wildman–Crippen LogP) is 3.42. The lowest BCUT2D eigenvalue weighted by Gasteiger charge is -2.14. The predicted molar refractivity (Wildman–Crippen MR) is 75.1 cm³/mol. The maximum atomic E-state index is 5.78.